The maximum Gasteiger partial charge on any atom is 0.238 e. The second-order valence-corrected chi connectivity index (χ2v) is 4.48. The molecule has 1 amide bonds. The largest absolute Gasteiger partial charge is 0.383 e. The Morgan fingerprint density at radius 3 is 2.83 bits per heavy atom. The normalized spacial score (nSPS) is 9.72. The van der Waals surface area contributed by atoms with Crippen LogP contribution in [0.25, 0.3) is 0 Å². The number of carbonyl (C=O) groups is 1. The molecule has 0 heterocycles. The Labute approximate surface area is 122 Å². The zero-order chi connectivity index (χ0) is 12.7. The van der Waals surface area contributed by atoms with Gasteiger partial charge in [-0.25, -0.2) is 0 Å². The van der Waals surface area contributed by atoms with Gasteiger partial charge in [0.15, 0.2) is 0 Å². The van der Waals surface area contributed by atoms with Crippen LogP contribution in [0.4, 0.5) is 5.69 Å². The fourth-order valence-corrected chi connectivity index (χ4v) is 1.68. The Hall–Kier alpha value is -0.620. The molecule has 0 aliphatic heterocycles. The third-order valence-corrected chi connectivity index (χ3v) is 3.17. The summed E-state index contributed by atoms with van der Waals surface area (Å²) in [6.07, 6.45) is 0. The van der Waals surface area contributed by atoms with Gasteiger partial charge >= 0.3 is 0 Å². The molecule has 0 aliphatic rings. The Bertz CT molecular complexity index is 388. The first-order chi connectivity index (χ1) is 8.15. The third-order valence-electron chi connectivity index (χ3n) is 2.31. The second kappa shape index (κ2) is 9.33. The van der Waals surface area contributed by atoms with Crippen LogP contribution in [0.3, 0.4) is 0 Å². The molecule has 6 heteroatoms. The molecule has 0 spiro atoms. The Morgan fingerprint density at radius 2 is 2.17 bits per heavy atom. The van der Waals surface area contributed by atoms with E-state index in [1.807, 2.05) is 25.1 Å². The SMILES string of the molecule is COCCNCC(=O)Nc1cccc(Br)c1C.Cl. The molecule has 0 fully saturated rings. The number of nitrogens with one attached hydrogen (secondary N) is 2. The van der Waals surface area contributed by atoms with Gasteiger partial charge in [-0.05, 0) is 24.6 Å². The molecule has 0 saturated carbocycles. The lowest BCUT2D eigenvalue weighted by molar-refractivity contribution is -0.115. The summed E-state index contributed by atoms with van der Waals surface area (Å²) >= 11 is 3.43. The van der Waals surface area contributed by atoms with Crippen LogP contribution in [-0.4, -0.2) is 32.7 Å². The number of halogens is 2. The maximum atomic E-state index is 11.6. The first-order valence-electron chi connectivity index (χ1n) is 5.39. The molecular weight excluding hydrogens is 320 g/mol. The Morgan fingerprint density at radius 1 is 1.44 bits per heavy atom. The summed E-state index contributed by atoms with van der Waals surface area (Å²) in [4.78, 5) is 11.6. The zero-order valence-electron chi connectivity index (χ0n) is 10.5. The van der Waals surface area contributed by atoms with Crippen molar-refractivity contribution in [3.8, 4) is 0 Å². The van der Waals surface area contributed by atoms with Crippen molar-refractivity contribution < 1.29 is 9.53 Å². The third kappa shape index (κ3) is 5.82. The molecular formula is C12H18BrClN2O2. The lowest BCUT2D eigenvalue weighted by Crippen LogP contribution is -2.30. The number of ether oxygens (including phenoxy) is 1. The molecule has 1 rings (SSSR count). The summed E-state index contributed by atoms with van der Waals surface area (Å²) in [6.45, 7) is 3.51. The highest BCUT2D eigenvalue weighted by Gasteiger charge is 2.05. The number of hydrogen-bond donors (Lipinski definition) is 2. The van der Waals surface area contributed by atoms with Gasteiger partial charge in [0.25, 0.3) is 0 Å². The zero-order valence-corrected chi connectivity index (χ0v) is 12.9. The quantitative estimate of drug-likeness (QED) is 0.784. The van der Waals surface area contributed by atoms with Crippen LogP contribution in [-0.2, 0) is 9.53 Å². The van der Waals surface area contributed by atoms with Crippen molar-refractivity contribution >= 4 is 39.9 Å². The van der Waals surface area contributed by atoms with Crippen LogP contribution < -0.4 is 10.6 Å². The van der Waals surface area contributed by atoms with Gasteiger partial charge in [-0.15, -0.1) is 12.4 Å². The van der Waals surface area contributed by atoms with Crippen molar-refractivity contribution in [1.29, 1.82) is 0 Å². The van der Waals surface area contributed by atoms with E-state index in [1.165, 1.54) is 0 Å². The van der Waals surface area contributed by atoms with Crippen molar-refractivity contribution in [2.45, 2.75) is 6.92 Å². The highest BCUT2D eigenvalue weighted by Crippen LogP contribution is 2.23. The van der Waals surface area contributed by atoms with Gasteiger partial charge in [-0.3, -0.25) is 4.79 Å². The minimum absolute atomic E-state index is 0. The topological polar surface area (TPSA) is 50.4 Å². The van der Waals surface area contributed by atoms with E-state index in [4.69, 9.17) is 4.74 Å². The van der Waals surface area contributed by atoms with E-state index in [9.17, 15) is 4.79 Å². The van der Waals surface area contributed by atoms with Crippen LogP contribution in [0.2, 0.25) is 0 Å². The van der Waals surface area contributed by atoms with Crippen LogP contribution in [0.15, 0.2) is 22.7 Å². The first kappa shape index (κ1) is 17.4. The lowest BCUT2D eigenvalue weighted by atomic mass is 10.2. The highest BCUT2D eigenvalue weighted by atomic mass is 79.9. The van der Waals surface area contributed by atoms with Gasteiger partial charge in [0, 0.05) is 23.8 Å². The second-order valence-electron chi connectivity index (χ2n) is 3.63. The van der Waals surface area contributed by atoms with Crippen LogP contribution in [0.5, 0.6) is 0 Å². The molecule has 2 N–H and O–H groups in total. The molecule has 0 unspecified atom stereocenters. The van der Waals surface area contributed by atoms with Crippen molar-refractivity contribution in [2.24, 2.45) is 0 Å². The van der Waals surface area contributed by atoms with Gasteiger partial charge in [-0.1, -0.05) is 22.0 Å². The Balaban J connectivity index is 0.00000289. The van der Waals surface area contributed by atoms with Crippen molar-refractivity contribution in [2.75, 3.05) is 32.1 Å². The van der Waals surface area contributed by atoms with E-state index >= 15 is 0 Å². The van der Waals surface area contributed by atoms with Crippen molar-refractivity contribution in [1.82, 2.24) is 5.32 Å². The molecule has 18 heavy (non-hydrogen) atoms. The average Bonchev–Trinajstić information content (AvgIpc) is 2.31. The average molecular weight is 338 g/mol. The number of hydrogen-bond acceptors (Lipinski definition) is 3. The number of rotatable bonds is 6. The molecule has 0 aliphatic carbocycles. The van der Waals surface area contributed by atoms with Crippen molar-refractivity contribution in [3.63, 3.8) is 0 Å². The smallest absolute Gasteiger partial charge is 0.238 e. The predicted octanol–water partition coefficient (Wildman–Crippen LogP) is 2.35. The molecule has 0 saturated heterocycles. The summed E-state index contributed by atoms with van der Waals surface area (Å²) in [5.41, 5.74) is 1.86. The molecule has 1 aromatic rings. The summed E-state index contributed by atoms with van der Waals surface area (Å²) in [5, 5.41) is 5.85. The standard InChI is InChI=1S/C12H17BrN2O2.ClH/c1-9-10(13)4-3-5-11(9)15-12(16)8-14-6-7-17-2;/h3-5,14H,6-8H2,1-2H3,(H,15,16);1H. The number of benzene rings is 1. The molecule has 0 radical (unpaired) electrons. The lowest BCUT2D eigenvalue weighted by Gasteiger charge is -2.10. The number of amides is 1. The highest BCUT2D eigenvalue weighted by molar-refractivity contribution is 9.10. The van der Waals surface area contributed by atoms with Gasteiger partial charge in [0.1, 0.15) is 0 Å². The van der Waals surface area contributed by atoms with Gasteiger partial charge in [-0.2, -0.15) is 0 Å². The van der Waals surface area contributed by atoms with Gasteiger partial charge in [0.2, 0.25) is 5.91 Å². The minimum atomic E-state index is -0.0534. The monoisotopic (exact) mass is 336 g/mol. The molecule has 0 aromatic heterocycles. The van der Waals surface area contributed by atoms with Gasteiger partial charge in [0.05, 0.1) is 13.2 Å². The van der Waals surface area contributed by atoms with Crippen LogP contribution in [0.1, 0.15) is 5.56 Å². The van der Waals surface area contributed by atoms with E-state index < -0.39 is 0 Å². The maximum absolute atomic E-state index is 11.6. The molecule has 0 atom stereocenters. The van der Waals surface area contributed by atoms with E-state index in [0.29, 0.717) is 13.2 Å². The predicted molar refractivity (Wildman–Crippen MR) is 79.5 cm³/mol. The van der Waals surface area contributed by atoms with Crippen molar-refractivity contribution in [3.05, 3.63) is 28.2 Å². The Kier molecular flexibility index (Phi) is 9.01. The van der Waals surface area contributed by atoms with Gasteiger partial charge < -0.3 is 15.4 Å². The molecule has 102 valence electrons. The van der Waals surface area contributed by atoms with E-state index in [0.717, 1.165) is 15.7 Å². The molecule has 4 nitrogen and oxygen atoms in total. The summed E-state index contributed by atoms with van der Waals surface area (Å²) in [6, 6.07) is 5.72. The first-order valence-corrected chi connectivity index (χ1v) is 6.19. The summed E-state index contributed by atoms with van der Waals surface area (Å²) in [5.74, 6) is -0.0534. The number of carbonyl (C=O) groups excluding carboxylic acids is 1. The number of methoxy groups -OCH3 is 1. The molecule has 1 aromatic carbocycles. The van der Waals surface area contributed by atoms with E-state index in [1.54, 1.807) is 7.11 Å². The fourth-order valence-electron chi connectivity index (χ4n) is 1.31. The van der Waals surface area contributed by atoms with Crippen LogP contribution >= 0.6 is 28.3 Å². The van der Waals surface area contributed by atoms with E-state index in [-0.39, 0.29) is 24.9 Å². The van der Waals surface area contributed by atoms with Crippen LogP contribution in [0, 0.1) is 6.92 Å². The summed E-state index contributed by atoms with van der Waals surface area (Å²) in [7, 11) is 1.63. The molecule has 0 bridgehead atoms. The summed E-state index contributed by atoms with van der Waals surface area (Å²) < 4.78 is 5.86. The number of anilines is 1. The minimum Gasteiger partial charge on any atom is -0.383 e. The van der Waals surface area contributed by atoms with E-state index in [2.05, 4.69) is 26.6 Å². The fraction of sp³-hybridized carbons (Fsp3) is 0.417.